The molecule has 134 valence electrons. The van der Waals surface area contributed by atoms with Gasteiger partial charge in [-0.2, -0.15) is 0 Å². The first kappa shape index (κ1) is 18.9. The number of nitrogens with zero attached hydrogens (tertiary/aromatic N) is 2. The second-order valence-electron chi connectivity index (χ2n) is 6.02. The number of pyridine rings is 1. The Hall–Kier alpha value is -2.45. The molecular weight excluding hydrogens is 340 g/mol. The van der Waals surface area contributed by atoms with Gasteiger partial charge in [-0.1, -0.05) is 0 Å². The molecule has 1 heterocycles. The number of carbonyl (C=O) groups is 1. The summed E-state index contributed by atoms with van der Waals surface area (Å²) in [6.07, 6.45) is 1.62. The van der Waals surface area contributed by atoms with Gasteiger partial charge in [0, 0.05) is 32.0 Å². The standard InChI is InChI=1S/C17H22N4O3S/c1-12(2)20-25(23,24)14-9-7-13(8-10-14)19-17(22)15-6-5-11-18-16(15)21(3)4/h5-12,20H,1-4H3,(H,19,22). The lowest BCUT2D eigenvalue weighted by Gasteiger charge is -2.15. The quantitative estimate of drug-likeness (QED) is 0.821. The molecule has 0 fully saturated rings. The molecule has 0 saturated carbocycles. The van der Waals surface area contributed by atoms with Crippen molar-refractivity contribution in [2.24, 2.45) is 0 Å². The molecule has 2 N–H and O–H groups in total. The van der Waals surface area contributed by atoms with Gasteiger partial charge in [-0.15, -0.1) is 0 Å². The normalized spacial score (nSPS) is 11.4. The van der Waals surface area contributed by atoms with Crippen molar-refractivity contribution in [2.45, 2.75) is 24.8 Å². The van der Waals surface area contributed by atoms with Gasteiger partial charge in [-0.25, -0.2) is 18.1 Å². The number of amides is 1. The van der Waals surface area contributed by atoms with E-state index >= 15 is 0 Å². The van der Waals surface area contributed by atoms with E-state index in [1.165, 1.54) is 12.1 Å². The fourth-order valence-electron chi connectivity index (χ4n) is 2.22. The Labute approximate surface area is 148 Å². The van der Waals surface area contributed by atoms with Gasteiger partial charge in [0.25, 0.3) is 5.91 Å². The van der Waals surface area contributed by atoms with Crippen molar-refractivity contribution >= 4 is 27.4 Å². The van der Waals surface area contributed by atoms with E-state index in [2.05, 4.69) is 15.0 Å². The minimum absolute atomic E-state index is 0.148. The summed E-state index contributed by atoms with van der Waals surface area (Å²) >= 11 is 0. The molecule has 0 aliphatic heterocycles. The minimum atomic E-state index is -3.55. The number of rotatable bonds is 6. The van der Waals surface area contributed by atoms with Crippen LogP contribution in [0.4, 0.5) is 11.5 Å². The van der Waals surface area contributed by atoms with E-state index in [0.717, 1.165) is 0 Å². The van der Waals surface area contributed by atoms with E-state index in [1.807, 2.05) is 0 Å². The van der Waals surface area contributed by atoms with Crippen LogP contribution in [0.15, 0.2) is 47.5 Å². The van der Waals surface area contributed by atoms with Crippen LogP contribution in [0.3, 0.4) is 0 Å². The van der Waals surface area contributed by atoms with E-state index in [0.29, 0.717) is 17.1 Å². The Morgan fingerprint density at radius 2 is 1.76 bits per heavy atom. The molecule has 0 saturated heterocycles. The lowest BCUT2D eigenvalue weighted by Crippen LogP contribution is -2.30. The molecule has 1 aromatic heterocycles. The number of nitrogens with one attached hydrogen (secondary N) is 2. The Balaban J connectivity index is 2.18. The van der Waals surface area contributed by atoms with Gasteiger partial charge >= 0.3 is 0 Å². The van der Waals surface area contributed by atoms with Crippen LogP contribution in [0.25, 0.3) is 0 Å². The summed E-state index contributed by atoms with van der Waals surface area (Å²) in [6.45, 7) is 3.50. The molecule has 8 heteroatoms. The van der Waals surface area contributed by atoms with Crippen molar-refractivity contribution in [3.8, 4) is 0 Å². The molecule has 2 rings (SSSR count). The first-order chi connectivity index (χ1) is 11.7. The van der Waals surface area contributed by atoms with Gasteiger partial charge in [0.1, 0.15) is 5.82 Å². The van der Waals surface area contributed by atoms with Gasteiger partial charge in [0.15, 0.2) is 0 Å². The molecule has 0 aliphatic rings. The van der Waals surface area contributed by atoms with E-state index in [1.54, 1.807) is 63.3 Å². The number of benzene rings is 1. The number of hydrogen-bond acceptors (Lipinski definition) is 5. The van der Waals surface area contributed by atoms with Crippen molar-refractivity contribution in [1.29, 1.82) is 0 Å². The lowest BCUT2D eigenvalue weighted by atomic mass is 10.2. The van der Waals surface area contributed by atoms with Crippen LogP contribution in [-0.2, 0) is 10.0 Å². The number of hydrogen-bond donors (Lipinski definition) is 2. The zero-order valence-electron chi connectivity index (χ0n) is 14.6. The average molecular weight is 362 g/mol. The summed E-state index contributed by atoms with van der Waals surface area (Å²) in [6, 6.07) is 9.20. The molecule has 1 amide bonds. The first-order valence-corrected chi connectivity index (χ1v) is 9.25. The summed E-state index contributed by atoms with van der Waals surface area (Å²) < 4.78 is 26.7. The fraction of sp³-hybridized carbons (Fsp3) is 0.294. The molecule has 1 aromatic carbocycles. The summed E-state index contributed by atoms with van der Waals surface area (Å²) in [5.41, 5.74) is 0.938. The minimum Gasteiger partial charge on any atom is -0.362 e. The summed E-state index contributed by atoms with van der Waals surface area (Å²) in [5, 5.41) is 2.75. The van der Waals surface area contributed by atoms with Crippen LogP contribution in [0.2, 0.25) is 0 Å². The SMILES string of the molecule is CC(C)NS(=O)(=O)c1ccc(NC(=O)c2cccnc2N(C)C)cc1. The summed E-state index contributed by atoms with van der Waals surface area (Å²) in [7, 11) is 0.0578. The smallest absolute Gasteiger partial charge is 0.259 e. The van der Waals surface area contributed by atoms with E-state index in [4.69, 9.17) is 0 Å². The molecule has 0 atom stereocenters. The van der Waals surface area contributed by atoms with Crippen LogP contribution in [-0.4, -0.2) is 39.4 Å². The first-order valence-electron chi connectivity index (χ1n) is 7.77. The molecule has 7 nitrogen and oxygen atoms in total. The summed E-state index contributed by atoms with van der Waals surface area (Å²) in [4.78, 5) is 18.6. The zero-order valence-corrected chi connectivity index (χ0v) is 15.5. The second kappa shape index (κ2) is 7.62. The van der Waals surface area contributed by atoms with Crippen LogP contribution in [0.5, 0.6) is 0 Å². The molecule has 0 aliphatic carbocycles. The van der Waals surface area contributed by atoms with Gasteiger partial charge in [-0.3, -0.25) is 4.79 Å². The second-order valence-corrected chi connectivity index (χ2v) is 7.74. The molecule has 0 spiro atoms. The molecule has 0 unspecified atom stereocenters. The van der Waals surface area contributed by atoms with Crippen LogP contribution >= 0.6 is 0 Å². The van der Waals surface area contributed by atoms with Crippen molar-refractivity contribution < 1.29 is 13.2 Å². The third-order valence-corrected chi connectivity index (χ3v) is 4.94. The van der Waals surface area contributed by atoms with E-state index in [-0.39, 0.29) is 16.8 Å². The van der Waals surface area contributed by atoms with Gasteiger partial charge in [0.05, 0.1) is 10.5 Å². The van der Waals surface area contributed by atoms with Crippen molar-refractivity contribution in [1.82, 2.24) is 9.71 Å². The maximum atomic E-state index is 12.5. The van der Waals surface area contributed by atoms with Crippen molar-refractivity contribution in [3.63, 3.8) is 0 Å². The molecular formula is C17H22N4O3S. The highest BCUT2D eigenvalue weighted by molar-refractivity contribution is 7.89. The van der Waals surface area contributed by atoms with E-state index in [9.17, 15) is 13.2 Å². The Kier molecular flexibility index (Phi) is 5.76. The fourth-order valence-corrected chi connectivity index (χ4v) is 3.48. The Morgan fingerprint density at radius 1 is 1.12 bits per heavy atom. The van der Waals surface area contributed by atoms with Crippen LogP contribution in [0, 0.1) is 0 Å². The van der Waals surface area contributed by atoms with E-state index < -0.39 is 10.0 Å². The summed E-state index contributed by atoms with van der Waals surface area (Å²) in [5.74, 6) is 0.244. The Bertz CT molecular complexity index is 846. The average Bonchev–Trinajstić information content (AvgIpc) is 2.54. The lowest BCUT2D eigenvalue weighted by molar-refractivity contribution is 0.102. The predicted molar refractivity (Wildman–Crippen MR) is 98.4 cm³/mol. The highest BCUT2D eigenvalue weighted by Crippen LogP contribution is 2.18. The number of aromatic nitrogens is 1. The molecule has 0 bridgehead atoms. The third-order valence-electron chi connectivity index (χ3n) is 3.27. The Morgan fingerprint density at radius 3 is 2.32 bits per heavy atom. The van der Waals surface area contributed by atoms with Gasteiger partial charge in [0.2, 0.25) is 10.0 Å². The predicted octanol–water partition coefficient (Wildman–Crippen LogP) is 2.09. The van der Waals surface area contributed by atoms with Gasteiger partial charge in [-0.05, 0) is 50.2 Å². The zero-order chi connectivity index (χ0) is 18.6. The maximum absolute atomic E-state index is 12.5. The topological polar surface area (TPSA) is 91.4 Å². The van der Waals surface area contributed by atoms with Gasteiger partial charge < -0.3 is 10.2 Å². The monoisotopic (exact) mass is 362 g/mol. The highest BCUT2D eigenvalue weighted by Gasteiger charge is 2.16. The number of sulfonamides is 1. The number of anilines is 2. The molecule has 25 heavy (non-hydrogen) atoms. The van der Waals surface area contributed by atoms with Crippen LogP contribution in [0.1, 0.15) is 24.2 Å². The number of carbonyl (C=O) groups excluding carboxylic acids is 1. The highest BCUT2D eigenvalue weighted by atomic mass is 32.2. The molecule has 2 aromatic rings. The third kappa shape index (κ3) is 4.77. The van der Waals surface area contributed by atoms with Crippen molar-refractivity contribution in [2.75, 3.05) is 24.3 Å². The molecule has 0 radical (unpaired) electrons. The maximum Gasteiger partial charge on any atom is 0.259 e. The largest absolute Gasteiger partial charge is 0.362 e. The van der Waals surface area contributed by atoms with Crippen LogP contribution < -0.4 is 14.9 Å². The van der Waals surface area contributed by atoms with Crippen molar-refractivity contribution in [3.05, 3.63) is 48.2 Å².